The van der Waals surface area contributed by atoms with Crippen molar-refractivity contribution >= 4 is 51.1 Å². The summed E-state index contributed by atoms with van der Waals surface area (Å²) in [6.07, 6.45) is 0. The van der Waals surface area contributed by atoms with E-state index in [9.17, 15) is 9.59 Å². The number of rotatable bonds is 8. The number of carbonyl (C=O) groups excluding carboxylic acids is 2. The number of hydrogen-bond acceptors (Lipinski definition) is 10. The van der Waals surface area contributed by atoms with Gasteiger partial charge in [0.05, 0.1) is 17.9 Å². The van der Waals surface area contributed by atoms with Crippen LogP contribution >= 0.6 is 23.1 Å². The molecular weight excluding hydrogens is 440 g/mol. The number of amides is 1. The van der Waals surface area contributed by atoms with Crippen LogP contribution in [0.25, 0.3) is 11.0 Å². The van der Waals surface area contributed by atoms with E-state index in [0.717, 1.165) is 22.4 Å². The van der Waals surface area contributed by atoms with E-state index in [0.29, 0.717) is 22.7 Å². The van der Waals surface area contributed by atoms with E-state index in [1.165, 1.54) is 11.8 Å². The van der Waals surface area contributed by atoms with Crippen LogP contribution in [0, 0.1) is 0 Å². The van der Waals surface area contributed by atoms with Crippen molar-refractivity contribution in [3.63, 3.8) is 0 Å². The number of nitrogens with zero attached hydrogens (tertiary/aromatic N) is 7. The Morgan fingerprint density at radius 3 is 2.90 bits per heavy atom. The Kier molecular flexibility index (Phi) is 6.23. The summed E-state index contributed by atoms with van der Waals surface area (Å²) in [4.78, 5) is 28.0. The maximum Gasteiger partial charge on any atom is 0.357 e. The van der Waals surface area contributed by atoms with Gasteiger partial charge in [0.15, 0.2) is 21.8 Å². The molecule has 0 bridgehead atoms. The number of esters is 1. The SMILES string of the molecule is CCOC(=O)c1csc(NC(=O)CSc2nnc(Cn3nnc4ccccc43)n2C)n1. The maximum atomic E-state index is 12.3. The lowest BCUT2D eigenvalue weighted by molar-refractivity contribution is -0.113. The number of para-hydroxylation sites is 1. The molecule has 3 heterocycles. The fraction of sp³-hybridized carbons (Fsp3) is 0.278. The van der Waals surface area contributed by atoms with Gasteiger partial charge < -0.3 is 14.6 Å². The minimum atomic E-state index is -0.514. The summed E-state index contributed by atoms with van der Waals surface area (Å²) in [6, 6.07) is 7.68. The molecule has 0 aliphatic carbocycles. The number of ether oxygens (including phenoxy) is 1. The first-order chi connectivity index (χ1) is 15.0. The fourth-order valence-corrected chi connectivity index (χ4v) is 4.12. The van der Waals surface area contributed by atoms with Crippen molar-refractivity contribution in [1.82, 2.24) is 34.7 Å². The summed E-state index contributed by atoms with van der Waals surface area (Å²) >= 11 is 2.41. The van der Waals surface area contributed by atoms with Crippen molar-refractivity contribution in [3.05, 3.63) is 41.2 Å². The number of thiazole rings is 1. The molecule has 0 saturated carbocycles. The highest BCUT2D eigenvalue weighted by Crippen LogP contribution is 2.20. The molecule has 0 spiro atoms. The molecule has 4 aromatic rings. The first kappa shape index (κ1) is 20.9. The zero-order chi connectivity index (χ0) is 21.8. The highest BCUT2D eigenvalue weighted by molar-refractivity contribution is 7.99. The third-order valence-electron chi connectivity index (χ3n) is 4.20. The number of fused-ring (bicyclic) bond motifs is 1. The van der Waals surface area contributed by atoms with Crippen LogP contribution < -0.4 is 5.32 Å². The van der Waals surface area contributed by atoms with Crippen LogP contribution in [-0.2, 0) is 23.1 Å². The van der Waals surface area contributed by atoms with Crippen molar-refractivity contribution in [2.24, 2.45) is 7.05 Å². The van der Waals surface area contributed by atoms with Crippen molar-refractivity contribution < 1.29 is 14.3 Å². The van der Waals surface area contributed by atoms with Crippen molar-refractivity contribution in [2.45, 2.75) is 18.6 Å². The molecule has 0 saturated heterocycles. The highest BCUT2D eigenvalue weighted by Gasteiger charge is 2.16. The molecular formula is C18H18N8O3S2. The predicted octanol–water partition coefficient (Wildman–Crippen LogP) is 1.97. The summed E-state index contributed by atoms with van der Waals surface area (Å²) in [6.45, 7) is 2.39. The van der Waals surface area contributed by atoms with Gasteiger partial charge in [0.2, 0.25) is 5.91 Å². The van der Waals surface area contributed by atoms with Gasteiger partial charge in [0.1, 0.15) is 12.1 Å². The van der Waals surface area contributed by atoms with Crippen LogP contribution in [-0.4, -0.2) is 59.0 Å². The molecule has 1 N–H and O–H groups in total. The molecule has 11 nitrogen and oxygen atoms in total. The third kappa shape index (κ3) is 4.72. The van der Waals surface area contributed by atoms with E-state index in [4.69, 9.17) is 4.74 Å². The summed E-state index contributed by atoms with van der Waals surface area (Å²) in [7, 11) is 1.83. The fourth-order valence-electron chi connectivity index (χ4n) is 2.69. The molecule has 160 valence electrons. The largest absolute Gasteiger partial charge is 0.461 e. The summed E-state index contributed by atoms with van der Waals surface area (Å²) < 4.78 is 8.46. The molecule has 0 unspecified atom stereocenters. The summed E-state index contributed by atoms with van der Waals surface area (Å²) in [5, 5.41) is 21.8. The molecule has 3 aromatic heterocycles. The standard InChI is InChI=1S/C18H18N8O3S2/c1-3-29-16(28)12-9-30-17(19-12)20-15(27)10-31-18-23-22-14(25(18)2)8-26-13-7-5-4-6-11(13)21-24-26/h4-7,9H,3,8,10H2,1-2H3,(H,19,20,27). The smallest absolute Gasteiger partial charge is 0.357 e. The van der Waals surface area contributed by atoms with Gasteiger partial charge in [-0.05, 0) is 19.1 Å². The Morgan fingerprint density at radius 1 is 1.23 bits per heavy atom. The van der Waals surface area contributed by atoms with Gasteiger partial charge in [-0.3, -0.25) is 4.79 Å². The minimum absolute atomic E-state index is 0.118. The van der Waals surface area contributed by atoms with Crippen LogP contribution in [0.5, 0.6) is 0 Å². The lowest BCUT2D eigenvalue weighted by atomic mass is 10.3. The third-order valence-corrected chi connectivity index (χ3v) is 5.98. The molecule has 0 aliphatic rings. The second kappa shape index (κ2) is 9.22. The highest BCUT2D eigenvalue weighted by atomic mass is 32.2. The normalized spacial score (nSPS) is 11.0. The lowest BCUT2D eigenvalue weighted by Crippen LogP contribution is -2.15. The van der Waals surface area contributed by atoms with E-state index >= 15 is 0 Å². The number of thioether (sulfide) groups is 1. The number of aromatic nitrogens is 7. The molecule has 0 aliphatic heterocycles. The van der Waals surface area contributed by atoms with E-state index in [1.54, 1.807) is 17.0 Å². The Morgan fingerprint density at radius 2 is 2.06 bits per heavy atom. The van der Waals surface area contributed by atoms with Gasteiger partial charge in [-0.1, -0.05) is 29.1 Å². The predicted molar refractivity (Wildman–Crippen MR) is 115 cm³/mol. The molecule has 4 rings (SSSR count). The lowest BCUT2D eigenvalue weighted by Gasteiger charge is -2.04. The average molecular weight is 459 g/mol. The average Bonchev–Trinajstić information content (AvgIpc) is 3.48. The molecule has 1 aromatic carbocycles. The van der Waals surface area contributed by atoms with E-state index in [-0.39, 0.29) is 24.0 Å². The van der Waals surface area contributed by atoms with E-state index < -0.39 is 5.97 Å². The second-order valence-electron chi connectivity index (χ2n) is 6.29. The Hall–Kier alpha value is -3.32. The van der Waals surface area contributed by atoms with Gasteiger partial charge in [-0.15, -0.1) is 26.6 Å². The van der Waals surface area contributed by atoms with E-state index in [2.05, 4.69) is 30.8 Å². The number of hydrogen-bond donors (Lipinski definition) is 1. The van der Waals surface area contributed by atoms with Crippen LogP contribution in [0.4, 0.5) is 5.13 Å². The molecule has 13 heteroatoms. The van der Waals surface area contributed by atoms with Crippen molar-refractivity contribution in [1.29, 1.82) is 0 Å². The van der Waals surface area contributed by atoms with Gasteiger partial charge in [-0.2, -0.15) is 0 Å². The molecule has 0 atom stereocenters. The first-order valence-electron chi connectivity index (χ1n) is 9.27. The topological polar surface area (TPSA) is 130 Å². The Bertz CT molecular complexity index is 1230. The van der Waals surface area contributed by atoms with Crippen LogP contribution in [0.3, 0.4) is 0 Å². The van der Waals surface area contributed by atoms with Crippen molar-refractivity contribution in [2.75, 3.05) is 17.7 Å². The van der Waals surface area contributed by atoms with Gasteiger partial charge >= 0.3 is 5.97 Å². The molecule has 0 radical (unpaired) electrons. The first-order valence-corrected chi connectivity index (χ1v) is 11.1. The number of benzene rings is 1. The summed E-state index contributed by atoms with van der Waals surface area (Å²) in [5.41, 5.74) is 1.89. The maximum absolute atomic E-state index is 12.3. The number of anilines is 1. The zero-order valence-corrected chi connectivity index (χ0v) is 18.3. The van der Waals surface area contributed by atoms with Crippen LogP contribution in [0.1, 0.15) is 23.2 Å². The second-order valence-corrected chi connectivity index (χ2v) is 8.09. The monoisotopic (exact) mass is 458 g/mol. The molecule has 1 amide bonds. The van der Waals surface area contributed by atoms with Gasteiger partial charge in [0, 0.05) is 12.4 Å². The van der Waals surface area contributed by atoms with Gasteiger partial charge in [-0.25, -0.2) is 14.5 Å². The Labute approximate surface area is 184 Å². The summed E-state index contributed by atoms with van der Waals surface area (Å²) in [5.74, 6) is 0.0338. The van der Waals surface area contributed by atoms with Crippen LogP contribution in [0.2, 0.25) is 0 Å². The molecule has 31 heavy (non-hydrogen) atoms. The number of nitrogens with one attached hydrogen (secondary N) is 1. The zero-order valence-electron chi connectivity index (χ0n) is 16.7. The molecule has 0 fully saturated rings. The van der Waals surface area contributed by atoms with Crippen molar-refractivity contribution in [3.8, 4) is 0 Å². The Balaban J connectivity index is 1.35. The van der Waals surface area contributed by atoms with Crippen LogP contribution in [0.15, 0.2) is 34.8 Å². The van der Waals surface area contributed by atoms with Gasteiger partial charge in [0.25, 0.3) is 0 Å². The van der Waals surface area contributed by atoms with E-state index in [1.807, 2.05) is 35.9 Å². The quantitative estimate of drug-likeness (QED) is 0.311. The minimum Gasteiger partial charge on any atom is -0.461 e. The number of carbonyl (C=O) groups is 2.